The normalized spacial score (nSPS) is 22.9. The van der Waals surface area contributed by atoms with Crippen molar-refractivity contribution in [2.75, 3.05) is 11.4 Å². The molecule has 0 bridgehead atoms. The van der Waals surface area contributed by atoms with Crippen LogP contribution in [0.4, 0.5) is 5.69 Å². The Morgan fingerprint density at radius 1 is 1.12 bits per heavy atom. The standard InChI is InChI=1S/C24H33N3O4S/c1-6-21(28)25-18-14-23(2,3)27(24(4,5)15-18)32(30,31)19-9-10-20-17(13-19)11-12-26(20)22(29)16-7-8-16/h6,9-10,13,16,18H,1,7-8,11-12,14-15H2,2-5H3,(H,25,28). The van der Waals surface area contributed by atoms with Crippen molar-refractivity contribution in [2.45, 2.75) is 81.8 Å². The SMILES string of the molecule is C=CC(=O)NC1CC(C)(C)N(S(=O)(=O)c2ccc3c(c2)CCN3C(=O)C2CC2)C(C)(C)C1. The molecule has 1 aliphatic carbocycles. The summed E-state index contributed by atoms with van der Waals surface area (Å²) < 4.78 is 29.4. The van der Waals surface area contributed by atoms with Crippen LogP contribution in [-0.4, -0.2) is 48.2 Å². The molecular formula is C24H33N3O4S. The molecule has 174 valence electrons. The third kappa shape index (κ3) is 3.99. The number of carbonyl (C=O) groups excluding carboxylic acids is 2. The highest BCUT2D eigenvalue weighted by atomic mass is 32.2. The summed E-state index contributed by atoms with van der Waals surface area (Å²) in [6.45, 7) is 11.7. The summed E-state index contributed by atoms with van der Waals surface area (Å²) in [5.41, 5.74) is 0.341. The minimum absolute atomic E-state index is 0.133. The number of nitrogens with zero attached hydrogens (tertiary/aromatic N) is 2. The summed E-state index contributed by atoms with van der Waals surface area (Å²) in [5, 5.41) is 2.94. The van der Waals surface area contributed by atoms with Crippen LogP contribution in [0, 0.1) is 5.92 Å². The van der Waals surface area contributed by atoms with Crippen molar-refractivity contribution in [3.05, 3.63) is 36.4 Å². The first-order chi connectivity index (χ1) is 14.9. The van der Waals surface area contributed by atoms with Gasteiger partial charge in [0.15, 0.2) is 0 Å². The largest absolute Gasteiger partial charge is 0.350 e. The molecule has 0 spiro atoms. The van der Waals surface area contributed by atoms with Crippen molar-refractivity contribution in [2.24, 2.45) is 5.92 Å². The number of rotatable bonds is 5. The van der Waals surface area contributed by atoms with Crippen LogP contribution in [0.15, 0.2) is 35.7 Å². The van der Waals surface area contributed by atoms with Crippen LogP contribution in [0.1, 0.15) is 58.9 Å². The average molecular weight is 460 g/mol. The van der Waals surface area contributed by atoms with Crippen molar-refractivity contribution in [3.63, 3.8) is 0 Å². The van der Waals surface area contributed by atoms with Crippen molar-refractivity contribution in [3.8, 4) is 0 Å². The van der Waals surface area contributed by atoms with Crippen molar-refractivity contribution in [1.82, 2.24) is 9.62 Å². The molecule has 2 amide bonds. The van der Waals surface area contributed by atoms with Gasteiger partial charge in [0.1, 0.15) is 0 Å². The molecule has 7 nitrogen and oxygen atoms in total. The van der Waals surface area contributed by atoms with Gasteiger partial charge in [0, 0.05) is 35.3 Å². The Morgan fingerprint density at radius 2 is 1.75 bits per heavy atom. The van der Waals surface area contributed by atoms with Gasteiger partial charge in [0.25, 0.3) is 0 Å². The number of hydrogen-bond acceptors (Lipinski definition) is 4. The fourth-order valence-electron chi connectivity index (χ4n) is 5.70. The second-order valence-corrected chi connectivity index (χ2v) is 12.3. The number of fused-ring (bicyclic) bond motifs is 1. The molecule has 0 radical (unpaired) electrons. The van der Waals surface area contributed by atoms with E-state index in [0.717, 1.165) is 24.1 Å². The van der Waals surface area contributed by atoms with E-state index in [-0.39, 0.29) is 28.7 Å². The highest BCUT2D eigenvalue weighted by Crippen LogP contribution is 2.44. The van der Waals surface area contributed by atoms with Crippen LogP contribution in [0.2, 0.25) is 0 Å². The second kappa shape index (κ2) is 7.70. The molecule has 2 fully saturated rings. The van der Waals surface area contributed by atoms with E-state index in [4.69, 9.17) is 0 Å². The molecule has 3 aliphatic rings. The Balaban J connectivity index is 1.63. The molecule has 0 unspecified atom stereocenters. The number of benzene rings is 1. The summed E-state index contributed by atoms with van der Waals surface area (Å²) in [6.07, 6.45) is 4.81. The van der Waals surface area contributed by atoms with E-state index in [0.29, 0.717) is 25.8 Å². The smallest absolute Gasteiger partial charge is 0.244 e. The first-order valence-electron chi connectivity index (χ1n) is 11.3. The van der Waals surface area contributed by atoms with E-state index in [2.05, 4.69) is 11.9 Å². The van der Waals surface area contributed by atoms with E-state index >= 15 is 0 Å². The van der Waals surface area contributed by atoms with Gasteiger partial charge in [-0.2, -0.15) is 4.31 Å². The maximum Gasteiger partial charge on any atom is 0.244 e. The molecule has 1 saturated heterocycles. The Morgan fingerprint density at radius 3 is 2.31 bits per heavy atom. The van der Waals surface area contributed by atoms with Gasteiger partial charge >= 0.3 is 0 Å². The Kier molecular flexibility index (Phi) is 5.53. The Labute approximate surface area is 190 Å². The molecular weight excluding hydrogens is 426 g/mol. The number of hydrogen-bond donors (Lipinski definition) is 1. The molecule has 8 heteroatoms. The van der Waals surface area contributed by atoms with E-state index in [9.17, 15) is 18.0 Å². The Bertz CT molecular complexity index is 1050. The lowest BCUT2D eigenvalue weighted by molar-refractivity contribution is -0.120. The molecule has 4 rings (SSSR count). The third-order valence-electron chi connectivity index (χ3n) is 6.80. The average Bonchev–Trinajstić information content (AvgIpc) is 3.43. The van der Waals surface area contributed by atoms with Gasteiger partial charge in [-0.25, -0.2) is 8.42 Å². The van der Waals surface area contributed by atoms with Crippen molar-refractivity contribution in [1.29, 1.82) is 0 Å². The van der Waals surface area contributed by atoms with Gasteiger partial charge in [-0.15, -0.1) is 0 Å². The lowest BCUT2D eigenvalue weighted by Crippen LogP contribution is -2.65. The second-order valence-electron chi connectivity index (χ2n) is 10.5. The van der Waals surface area contributed by atoms with Gasteiger partial charge < -0.3 is 10.2 Å². The molecule has 1 N–H and O–H groups in total. The van der Waals surface area contributed by atoms with E-state index in [1.165, 1.54) is 6.08 Å². The topological polar surface area (TPSA) is 86.8 Å². The zero-order chi connectivity index (χ0) is 23.5. The predicted molar refractivity (Wildman–Crippen MR) is 124 cm³/mol. The van der Waals surface area contributed by atoms with Crippen LogP contribution in [-0.2, 0) is 26.0 Å². The molecule has 2 heterocycles. The first-order valence-corrected chi connectivity index (χ1v) is 12.7. The summed E-state index contributed by atoms with van der Waals surface area (Å²) in [5.74, 6) is 0.0425. The number of sulfonamides is 1. The van der Waals surface area contributed by atoms with Crippen molar-refractivity contribution < 1.29 is 18.0 Å². The lowest BCUT2D eigenvalue weighted by Gasteiger charge is -2.53. The van der Waals surface area contributed by atoms with Crippen molar-refractivity contribution >= 4 is 27.5 Å². The van der Waals surface area contributed by atoms with Gasteiger partial charge in [-0.05, 0) is 89.6 Å². The zero-order valence-electron chi connectivity index (χ0n) is 19.3. The molecule has 32 heavy (non-hydrogen) atoms. The highest BCUT2D eigenvalue weighted by Gasteiger charge is 2.52. The monoisotopic (exact) mass is 459 g/mol. The fourth-order valence-corrected chi connectivity index (χ4v) is 7.89. The number of piperidine rings is 1. The minimum Gasteiger partial charge on any atom is -0.350 e. The van der Waals surface area contributed by atoms with Gasteiger partial charge in [0.2, 0.25) is 21.8 Å². The number of amides is 2. The number of carbonyl (C=O) groups is 2. The summed E-state index contributed by atoms with van der Waals surface area (Å²) in [6, 6.07) is 5.01. The van der Waals surface area contributed by atoms with Crippen LogP contribution >= 0.6 is 0 Å². The van der Waals surface area contributed by atoms with E-state index < -0.39 is 21.1 Å². The van der Waals surface area contributed by atoms with E-state index in [1.807, 2.05) is 32.6 Å². The fraction of sp³-hybridized carbons (Fsp3) is 0.583. The van der Waals surface area contributed by atoms with Gasteiger partial charge in [-0.3, -0.25) is 9.59 Å². The quantitative estimate of drug-likeness (QED) is 0.686. The Hall–Kier alpha value is -2.19. The number of anilines is 1. The molecule has 1 aromatic carbocycles. The van der Waals surface area contributed by atoms with Gasteiger partial charge in [0.05, 0.1) is 4.90 Å². The lowest BCUT2D eigenvalue weighted by atomic mass is 9.79. The molecule has 1 saturated carbocycles. The van der Waals surface area contributed by atoms with Gasteiger partial charge in [-0.1, -0.05) is 6.58 Å². The molecule has 1 aromatic rings. The molecule has 0 aromatic heterocycles. The van der Waals surface area contributed by atoms with E-state index in [1.54, 1.807) is 22.5 Å². The summed E-state index contributed by atoms with van der Waals surface area (Å²) >= 11 is 0. The maximum absolute atomic E-state index is 13.9. The third-order valence-corrected chi connectivity index (χ3v) is 9.12. The molecule has 2 aliphatic heterocycles. The molecule has 0 atom stereocenters. The predicted octanol–water partition coefficient (Wildman–Crippen LogP) is 3.00. The minimum atomic E-state index is -3.80. The van der Waals surface area contributed by atoms with Crippen LogP contribution in [0.5, 0.6) is 0 Å². The van der Waals surface area contributed by atoms with Crippen LogP contribution in [0.25, 0.3) is 0 Å². The van der Waals surface area contributed by atoms with Crippen LogP contribution < -0.4 is 10.2 Å². The summed E-state index contributed by atoms with van der Waals surface area (Å²) in [4.78, 5) is 26.5. The zero-order valence-corrected chi connectivity index (χ0v) is 20.2. The van der Waals surface area contributed by atoms with Crippen LogP contribution in [0.3, 0.4) is 0 Å². The first kappa shape index (κ1) is 23.0. The highest BCUT2D eigenvalue weighted by molar-refractivity contribution is 7.89. The maximum atomic E-state index is 13.9. The summed E-state index contributed by atoms with van der Waals surface area (Å²) in [7, 11) is -3.80. The number of nitrogens with one attached hydrogen (secondary N) is 1.